The Morgan fingerprint density at radius 2 is 2.00 bits per heavy atom. The molecule has 0 spiro atoms. The molecular weight excluding hydrogens is 168 g/mol. The monoisotopic (exact) mass is 174 g/mol. The van der Waals surface area contributed by atoms with E-state index in [0.29, 0.717) is 5.56 Å². The van der Waals surface area contributed by atoms with Crippen LogP contribution in [0.15, 0.2) is 35.5 Å². The summed E-state index contributed by atoms with van der Waals surface area (Å²) in [6, 6.07) is 9.67. The van der Waals surface area contributed by atoms with Crippen LogP contribution in [0.2, 0.25) is 0 Å². The standard InChI is InChI=1S/C9H6N2O2/c10-6-8(11-13)9(12)7-4-2-1-3-5-7/h1-5,13H/b11-8+. The maximum atomic E-state index is 11.3. The summed E-state index contributed by atoms with van der Waals surface area (Å²) in [5.41, 5.74) is -0.178. The van der Waals surface area contributed by atoms with Crippen molar-refractivity contribution in [2.24, 2.45) is 5.16 Å². The molecular formula is C9H6N2O2. The molecule has 4 nitrogen and oxygen atoms in total. The van der Waals surface area contributed by atoms with E-state index in [1.807, 2.05) is 0 Å². The van der Waals surface area contributed by atoms with Crippen molar-refractivity contribution in [1.29, 1.82) is 5.26 Å². The van der Waals surface area contributed by atoms with Crippen LogP contribution in [0.4, 0.5) is 0 Å². The van der Waals surface area contributed by atoms with Gasteiger partial charge in [-0.1, -0.05) is 35.5 Å². The van der Waals surface area contributed by atoms with E-state index in [0.717, 1.165) is 0 Å². The molecule has 0 aromatic heterocycles. The number of oxime groups is 1. The number of hydrogen-bond acceptors (Lipinski definition) is 4. The molecule has 4 heteroatoms. The second kappa shape index (κ2) is 4.02. The third kappa shape index (κ3) is 1.91. The van der Waals surface area contributed by atoms with Gasteiger partial charge in [0, 0.05) is 5.56 Å². The number of nitrogens with zero attached hydrogens (tertiary/aromatic N) is 2. The number of Topliss-reactive ketones (excluding diaryl/α,β-unsaturated/α-hetero) is 1. The van der Waals surface area contributed by atoms with E-state index in [2.05, 4.69) is 5.16 Å². The van der Waals surface area contributed by atoms with Gasteiger partial charge in [0.2, 0.25) is 11.5 Å². The van der Waals surface area contributed by atoms with Crippen molar-refractivity contribution in [3.8, 4) is 6.07 Å². The van der Waals surface area contributed by atoms with Gasteiger partial charge < -0.3 is 5.21 Å². The van der Waals surface area contributed by atoms with E-state index in [4.69, 9.17) is 10.5 Å². The number of rotatable bonds is 2. The zero-order valence-electron chi connectivity index (χ0n) is 6.64. The Bertz CT molecular complexity index is 376. The normalized spacial score (nSPS) is 10.5. The molecule has 1 N–H and O–H groups in total. The molecule has 0 aliphatic rings. The molecule has 0 unspecified atom stereocenters. The Morgan fingerprint density at radius 3 is 2.46 bits per heavy atom. The predicted molar refractivity (Wildman–Crippen MR) is 45.6 cm³/mol. The highest BCUT2D eigenvalue weighted by atomic mass is 16.4. The van der Waals surface area contributed by atoms with Crippen molar-refractivity contribution >= 4 is 11.5 Å². The van der Waals surface area contributed by atoms with Crippen LogP contribution in [0, 0.1) is 11.3 Å². The van der Waals surface area contributed by atoms with E-state index in [1.54, 1.807) is 30.3 Å². The number of carbonyl (C=O) groups excluding carboxylic acids is 1. The molecule has 0 aliphatic carbocycles. The lowest BCUT2D eigenvalue weighted by Gasteiger charge is -1.94. The highest BCUT2D eigenvalue weighted by Crippen LogP contribution is 2.00. The van der Waals surface area contributed by atoms with E-state index in [1.165, 1.54) is 6.07 Å². The van der Waals surface area contributed by atoms with Crippen molar-refractivity contribution in [3.05, 3.63) is 35.9 Å². The van der Waals surface area contributed by atoms with Crippen LogP contribution in [0.25, 0.3) is 0 Å². The van der Waals surface area contributed by atoms with Crippen molar-refractivity contribution in [2.45, 2.75) is 0 Å². The molecule has 0 saturated heterocycles. The minimum absolute atomic E-state index is 0.330. The summed E-state index contributed by atoms with van der Waals surface area (Å²) in [5.74, 6) is -0.578. The molecule has 1 aromatic rings. The summed E-state index contributed by atoms with van der Waals surface area (Å²) in [6.07, 6.45) is 0. The van der Waals surface area contributed by atoms with Crippen LogP contribution in [0.5, 0.6) is 0 Å². The first kappa shape index (κ1) is 8.94. The van der Waals surface area contributed by atoms with Gasteiger partial charge >= 0.3 is 0 Å². The molecule has 13 heavy (non-hydrogen) atoms. The lowest BCUT2D eigenvalue weighted by molar-refractivity contribution is 0.106. The van der Waals surface area contributed by atoms with E-state index < -0.39 is 11.5 Å². The minimum Gasteiger partial charge on any atom is -0.410 e. The molecule has 64 valence electrons. The first-order valence-corrected chi connectivity index (χ1v) is 3.51. The van der Waals surface area contributed by atoms with Gasteiger partial charge in [0.05, 0.1) is 0 Å². The zero-order chi connectivity index (χ0) is 9.68. The van der Waals surface area contributed by atoms with Gasteiger partial charge in [-0.15, -0.1) is 0 Å². The molecule has 0 bridgehead atoms. The molecule has 1 rings (SSSR count). The topological polar surface area (TPSA) is 73.4 Å². The van der Waals surface area contributed by atoms with Gasteiger partial charge in [-0.2, -0.15) is 5.26 Å². The second-order valence-corrected chi connectivity index (χ2v) is 2.26. The SMILES string of the molecule is N#C/C(=N\O)C(=O)c1ccccc1. The first-order chi connectivity index (χ1) is 6.29. The van der Waals surface area contributed by atoms with E-state index in [-0.39, 0.29) is 0 Å². The summed E-state index contributed by atoms with van der Waals surface area (Å²) >= 11 is 0. The average molecular weight is 174 g/mol. The quantitative estimate of drug-likeness (QED) is 0.317. The van der Waals surface area contributed by atoms with Crippen molar-refractivity contribution < 1.29 is 10.0 Å². The zero-order valence-corrected chi connectivity index (χ0v) is 6.64. The van der Waals surface area contributed by atoms with Crippen LogP contribution in [0.3, 0.4) is 0 Å². The molecule has 0 fully saturated rings. The van der Waals surface area contributed by atoms with E-state index in [9.17, 15) is 4.79 Å². The van der Waals surface area contributed by atoms with Gasteiger partial charge in [-0.3, -0.25) is 4.79 Å². The lowest BCUT2D eigenvalue weighted by atomic mass is 10.1. The highest BCUT2D eigenvalue weighted by Gasteiger charge is 2.12. The van der Waals surface area contributed by atoms with Crippen LogP contribution in [-0.4, -0.2) is 16.7 Å². The number of hydrogen-bond donors (Lipinski definition) is 1. The smallest absolute Gasteiger partial charge is 0.227 e. The Kier molecular flexibility index (Phi) is 2.77. The maximum absolute atomic E-state index is 11.3. The van der Waals surface area contributed by atoms with E-state index >= 15 is 0 Å². The predicted octanol–water partition coefficient (Wildman–Crippen LogP) is 1.22. The summed E-state index contributed by atoms with van der Waals surface area (Å²) in [7, 11) is 0. The van der Waals surface area contributed by atoms with Gasteiger partial charge in [-0.05, 0) is 0 Å². The fraction of sp³-hybridized carbons (Fsp3) is 0. The van der Waals surface area contributed by atoms with Crippen LogP contribution >= 0.6 is 0 Å². The van der Waals surface area contributed by atoms with Crippen LogP contribution in [0.1, 0.15) is 10.4 Å². The van der Waals surface area contributed by atoms with Crippen molar-refractivity contribution in [3.63, 3.8) is 0 Å². The van der Waals surface area contributed by atoms with Crippen molar-refractivity contribution in [2.75, 3.05) is 0 Å². The molecule has 0 amide bonds. The number of nitriles is 1. The Balaban J connectivity index is 3.01. The number of ketones is 1. The Hall–Kier alpha value is -2.15. The minimum atomic E-state index is -0.578. The van der Waals surface area contributed by atoms with Crippen LogP contribution < -0.4 is 0 Å². The maximum Gasteiger partial charge on any atom is 0.227 e. The second-order valence-electron chi connectivity index (χ2n) is 2.26. The molecule has 1 aromatic carbocycles. The van der Waals surface area contributed by atoms with Gasteiger partial charge in [0.15, 0.2) is 0 Å². The largest absolute Gasteiger partial charge is 0.410 e. The third-order valence-corrected chi connectivity index (χ3v) is 1.46. The van der Waals surface area contributed by atoms with Gasteiger partial charge in [0.25, 0.3) is 0 Å². The summed E-state index contributed by atoms with van der Waals surface area (Å²) < 4.78 is 0. The summed E-state index contributed by atoms with van der Waals surface area (Å²) in [6.45, 7) is 0. The third-order valence-electron chi connectivity index (χ3n) is 1.46. The van der Waals surface area contributed by atoms with Crippen LogP contribution in [-0.2, 0) is 0 Å². The molecule has 0 heterocycles. The summed E-state index contributed by atoms with van der Waals surface area (Å²) in [5, 5.41) is 19.3. The van der Waals surface area contributed by atoms with Gasteiger partial charge in [-0.25, -0.2) is 0 Å². The molecule has 0 saturated carbocycles. The van der Waals surface area contributed by atoms with Crippen molar-refractivity contribution in [1.82, 2.24) is 0 Å². The lowest BCUT2D eigenvalue weighted by Crippen LogP contribution is -2.11. The average Bonchev–Trinajstić information content (AvgIpc) is 2.21. The fourth-order valence-electron chi connectivity index (χ4n) is 0.845. The Morgan fingerprint density at radius 1 is 1.38 bits per heavy atom. The number of carbonyl (C=O) groups is 1. The Labute approximate surface area is 74.7 Å². The molecule has 0 aliphatic heterocycles. The molecule has 0 radical (unpaired) electrons. The van der Waals surface area contributed by atoms with Gasteiger partial charge in [0.1, 0.15) is 6.07 Å². The number of benzene rings is 1. The molecule has 0 atom stereocenters. The first-order valence-electron chi connectivity index (χ1n) is 3.51. The summed E-state index contributed by atoms with van der Waals surface area (Å²) in [4.78, 5) is 11.3. The fourth-order valence-corrected chi connectivity index (χ4v) is 0.845. The highest BCUT2D eigenvalue weighted by molar-refractivity contribution is 6.51.